The molecule has 0 spiro atoms. The highest BCUT2D eigenvalue weighted by Gasteiger charge is 2.17. The van der Waals surface area contributed by atoms with Crippen molar-refractivity contribution in [2.24, 2.45) is 5.10 Å². The molecular weight excluding hydrogens is 252 g/mol. The summed E-state index contributed by atoms with van der Waals surface area (Å²) in [7, 11) is 0. The Morgan fingerprint density at radius 1 is 1.56 bits per heavy atom. The van der Waals surface area contributed by atoms with Gasteiger partial charge in [0.1, 0.15) is 5.71 Å². The molecule has 0 atom stereocenters. The third-order valence-electron chi connectivity index (χ3n) is 2.46. The highest BCUT2D eigenvalue weighted by molar-refractivity contribution is 7.09. The van der Waals surface area contributed by atoms with Gasteiger partial charge in [-0.2, -0.15) is 5.10 Å². The van der Waals surface area contributed by atoms with Gasteiger partial charge in [0.2, 0.25) is 5.91 Å². The molecule has 7 heteroatoms. The first kappa shape index (κ1) is 12.7. The second-order valence-corrected chi connectivity index (χ2v) is 4.92. The zero-order valence-electron chi connectivity index (χ0n) is 10.0. The Morgan fingerprint density at radius 2 is 2.39 bits per heavy atom. The molecule has 0 aliphatic carbocycles. The Kier molecular flexibility index (Phi) is 4.03. The van der Waals surface area contributed by atoms with Crippen LogP contribution in [0.4, 0.5) is 0 Å². The van der Waals surface area contributed by atoms with Gasteiger partial charge < -0.3 is 5.32 Å². The minimum absolute atomic E-state index is 0.148. The van der Waals surface area contributed by atoms with Crippen LogP contribution >= 0.6 is 11.3 Å². The average molecular weight is 266 g/mol. The standard InChI is InChI=1S/C11H14N4O2S/c1-7-6-18-10(13-7)4-5-12-11(17)8-2-3-9(16)15-14-8/h6H,2-5H2,1H3,(H,12,17)(H,15,16). The number of amides is 2. The number of rotatable bonds is 4. The van der Waals surface area contributed by atoms with Crippen molar-refractivity contribution in [1.82, 2.24) is 15.7 Å². The lowest BCUT2D eigenvalue weighted by atomic mass is 10.1. The number of hydrogen-bond donors (Lipinski definition) is 2. The lowest BCUT2D eigenvalue weighted by Crippen LogP contribution is -2.37. The van der Waals surface area contributed by atoms with Gasteiger partial charge in [-0.25, -0.2) is 10.4 Å². The van der Waals surface area contributed by atoms with Crippen molar-refractivity contribution in [2.75, 3.05) is 6.54 Å². The van der Waals surface area contributed by atoms with Crippen LogP contribution in [0.3, 0.4) is 0 Å². The summed E-state index contributed by atoms with van der Waals surface area (Å²) in [4.78, 5) is 26.9. The van der Waals surface area contributed by atoms with Gasteiger partial charge in [0.05, 0.1) is 5.01 Å². The summed E-state index contributed by atoms with van der Waals surface area (Å²) in [5.41, 5.74) is 3.68. The van der Waals surface area contributed by atoms with Gasteiger partial charge in [-0.05, 0) is 6.92 Å². The number of nitrogens with zero attached hydrogens (tertiary/aromatic N) is 2. The minimum Gasteiger partial charge on any atom is -0.351 e. The fourth-order valence-electron chi connectivity index (χ4n) is 1.54. The Morgan fingerprint density at radius 3 is 3.00 bits per heavy atom. The second-order valence-electron chi connectivity index (χ2n) is 3.98. The number of hydrazone groups is 1. The molecule has 0 saturated carbocycles. The predicted octanol–water partition coefficient (Wildman–Crippen LogP) is 0.376. The zero-order valence-corrected chi connectivity index (χ0v) is 10.8. The second kappa shape index (κ2) is 5.72. The van der Waals surface area contributed by atoms with E-state index < -0.39 is 0 Å². The fraction of sp³-hybridized carbons (Fsp3) is 0.455. The van der Waals surface area contributed by atoms with E-state index in [9.17, 15) is 9.59 Å². The van der Waals surface area contributed by atoms with E-state index >= 15 is 0 Å². The van der Waals surface area contributed by atoms with Crippen molar-refractivity contribution in [1.29, 1.82) is 0 Å². The average Bonchev–Trinajstić information content (AvgIpc) is 2.76. The van der Waals surface area contributed by atoms with Crippen molar-refractivity contribution >= 4 is 28.9 Å². The summed E-state index contributed by atoms with van der Waals surface area (Å²) < 4.78 is 0. The Bertz CT molecular complexity index is 495. The van der Waals surface area contributed by atoms with Crippen molar-refractivity contribution in [3.8, 4) is 0 Å². The van der Waals surface area contributed by atoms with Crippen LogP contribution in [0.1, 0.15) is 23.5 Å². The molecule has 0 unspecified atom stereocenters. The van der Waals surface area contributed by atoms with Crippen LogP contribution in [0.2, 0.25) is 0 Å². The van der Waals surface area contributed by atoms with E-state index in [1.165, 1.54) is 0 Å². The molecule has 1 aromatic rings. The molecule has 0 fully saturated rings. The lowest BCUT2D eigenvalue weighted by molar-refractivity contribution is -0.121. The van der Waals surface area contributed by atoms with Gasteiger partial charge in [0.25, 0.3) is 5.91 Å². The van der Waals surface area contributed by atoms with Gasteiger partial charge in [-0.15, -0.1) is 11.3 Å². The van der Waals surface area contributed by atoms with E-state index in [2.05, 4.69) is 20.8 Å². The van der Waals surface area contributed by atoms with E-state index in [1.807, 2.05) is 12.3 Å². The number of nitrogens with one attached hydrogen (secondary N) is 2. The van der Waals surface area contributed by atoms with Gasteiger partial charge in [0.15, 0.2) is 0 Å². The highest BCUT2D eigenvalue weighted by Crippen LogP contribution is 2.08. The largest absolute Gasteiger partial charge is 0.351 e. The van der Waals surface area contributed by atoms with Crippen LogP contribution in [-0.2, 0) is 16.0 Å². The summed E-state index contributed by atoms with van der Waals surface area (Å²) in [5.74, 6) is -0.368. The molecule has 2 N–H and O–H groups in total. The van der Waals surface area contributed by atoms with Gasteiger partial charge in [-0.1, -0.05) is 0 Å². The molecule has 18 heavy (non-hydrogen) atoms. The summed E-state index contributed by atoms with van der Waals surface area (Å²) in [6.45, 7) is 2.47. The van der Waals surface area contributed by atoms with Gasteiger partial charge in [-0.3, -0.25) is 9.59 Å². The zero-order chi connectivity index (χ0) is 13.0. The summed E-state index contributed by atoms with van der Waals surface area (Å²) >= 11 is 1.59. The van der Waals surface area contributed by atoms with Crippen LogP contribution in [0.5, 0.6) is 0 Å². The van der Waals surface area contributed by atoms with Crippen molar-refractivity contribution in [3.63, 3.8) is 0 Å². The maximum Gasteiger partial charge on any atom is 0.267 e. The van der Waals surface area contributed by atoms with Crippen LogP contribution in [0.15, 0.2) is 10.5 Å². The SMILES string of the molecule is Cc1csc(CCNC(=O)C2=NNC(=O)CC2)n1. The smallest absolute Gasteiger partial charge is 0.267 e. The minimum atomic E-state index is -0.219. The molecular formula is C11H14N4O2S. The van der Waals surface area contributed by atoms with E-state index in [1.54, 1.807) is 11.3 Å². The summed E-state index contributed by atoms with van der Waals surface area (Å²) in [5, 5.41) is 9.49. The normalized spacial score (nSPS) is 14.9. The monoisotopic (exact) mass is 266 g/mol. The Balaban J connectivity index is 1.77. The molecule has 0 aromatic carbocycles. The van der Waals surface area contributed by atoms with Crippen LogP contribution in [0.25, 0.3) is 0 Å². The van der Waals surface area contributed by atoms with Crippen molar-refractivity contribution in [3.05, 3.63) is 16.1 Å². The van der Waals surface area contributed by atoms with Crippen molar-refractivity contribution in [2.45, 2.75) is 26.2 Å². The van der Waals surface area contributed by atoms with E-state index in [4.69, 9.17) is 0 Å². The van der Waals surface area contributed by atoms with E-state index in [-0.39, 0.29) is 11.8 Å². The molecule has 0 bridgehead atoms. The van der Waals surface area contributed by atoms with Crippen LogP contribution in [-0.4, -0.2) is 29.1 Å². The topological polar surface area (TPSA) is 83.5 Å². The molecule has 2 amide bonds. The van der Waals surface area contributed by atoms with Crippen LogP contribution in [0, 0.1) is 6.92 Å². The van der Waals surface area contributed by atoms with Crippen molar-refractivity contribution < 1.29 is 9.59 Å². The Hall–Kier alpha value is -1.76. The third-order valence-corrected chi connectivity index (χ3v) is 3.48. The number of aromatic nitrogens is 1. The fourth-order valence-corrected chi connectivity index (χ4v) is 2.32. The summed E-state index contributed by atoms with van der Waals surface area (Å²) in [6.07, 6.45) is 1.43. The molecule has 96 valence electrons. The highest BCUT2D eigenvalue weighted by atomic mass is 32.1. The summed E-state index contributed by atoms with van der Waals surface area (Å²) in [6, 6.07) is 0. The van der Waals surface area contributed by atoms with Crippen LogP contribution < -0.4 is 10.7 Å². The predicted molar refractivity (Wildman–Crippen MR) is 68.4 cm³/mol. The number of carbonyl (C=O) groups excluding carboxylic acids is 2. The molecule has 0 radical (unpaired) electrons. The van der Waals surface area contributed by atoms with Gasteiger partial charge in [0, 0.05) is 36.9 Å². The van der Waals surface area contributed by atoms with E-state index in [0.29, 0.717) is 31.5 Å². The first-order valence-electron chi connectivity index (χ1n) is 5.70. The molecule has 1 aliphatic rings. The molecule has 2 heterocycles. The molecule has 2 rings (SSSR count). The quantitative estimate of drug-likeness (QED) is 0.826. The number of aryl methyl sites for hydroxylation is 1. The first-order valence-corrected chi connectivity index (χ1v) is 6.58. The molecule has 6 nitrogen and oxygen atoms in total. The maximum atomic E-state index is 11.7. The number of thiazole rings is 1. The number of hydrogen-bond acceptors (Lipinski definition) is 5. The first-order chi connectivity index (χ1) is 8.65. The maximum absolute atomic E-state index is 11.7. The molecule has 1 aliphatic heterocycles. The Labute approximate surface area is 108 Å². The van der Waals surface area contributed by atoms with E-state index in [0.717, 1.165) is 10.7 Å². The molecule has 0 saturated heterocycles. The molecule has 1 aromatic heterocycles. The van der Waals surface area contributed by atoms with Gasteiger partial charge >= 0.3 is 0 Å². The number of carbonyl (C=O) groups is 2. The third kappa shape index (κ3) is 3.36. The lowest BCUT2D eigenvalue weighted by Gasteiger charge is -2.11.